The van der Waals surface area contributed by atoms with E-state index in [4.69, 9.17) is 16.7 Å². The van der Waals surface area contributed by atoms with Gasteiger partial charge in [0.15, 0.2) is 0 Å². The molecule has 0 saturated heterocycles. The average molecular weight is 423 g/mol. The summed E-state index contributed by atoms with van der Waals surface area (Å²) in [6.45, 7) is 2.15. The van der Waals surface area contributed by atoms with Crippen molar-refractivity contribution in [1.29, 1.82) is 0 Å². The van der Waals surface area contributed by atoms with Crippen LogP contribution in [0.15, 0.2) is 36.4 Å². The van der Waals surface area contributed by atoms with Crippen LogP contribution in [0.4, 0.5) is 0 Å². The Morgan fingerprint density at radius 1 is 1.21 bits per heavy atom. The first kappa shape index (κ1) is 23.9. The Hall–Kier alpha value is -1.36. The average Bonchev–Trinajstić information content (AvgIpc) is 2.97. The Morgan fingerprint density at radius 2 is 1.93 bits per heavy atom. The van der Waals surface area contributed by atoms with E-state index in [9.17, 15) is 15.0 Å². The highest BCUT2D eigenvalue weighted by Crippen LogP contribution is 2.45. The first-order chi connectivity index (χ1) is 13.9. The first-order valence-corrected chi connectivity index (χ1v) is 11.3. The third-order valence-corrected chi connectivity index (χ3v) is 6.43. The van der Waals surface area contributed by atoms with Crippen molar-refractivity contribution >= 4 is 17.6 Å². The second-order valence-corrected chi connectivity index (χ2v) is 8.74. The molecule has 0 heterocycles. The number of aliphatic hydroxyl groups is 2. The molecule has 0 aromatic heterocycles. The number of aliphatic carboxylic acids is 1. The van der Waals surface area contributed by atoms with E-state index in [1.165, 1.54) is 0 Å². The number of rotatable bonds is 12. The minimum absolute atomic E-state index is 0.0209. The lowest BCUT2D eigenvalue weighted by molar-refractivity contribution is -0.137. The molecule has 1 saturated carbocycles. The Morgan fingerprint density at radius 3 is 2.59 bits per heavy atom. The fourth-order valence-corrected chi connectivity index (χ4v) is 4.71. The number of carboxylic acid groups (broad SMARTS) is 1. The number of alkyl halides is 1. The van der Waals surface area contributed by atoms with Crippen LogP contribution in [-0.2, 0) is 4.79 Å². The van der Waals surface area contributed by atoms with Crippen LogP contribution < -0.4 is 0 Å². The standard InChI is InChI=1S/C24H35ClO4/c1-2-3-6-10-21(26)17-12-14-18(15-13-17)24-19(20(25)16-22(24)27)9-7-4-5-8-11-23(28)29/h4,7,12-15,19-22,24,26-27H,2-3,5-6,8-11,16H2,1H3,(H,28,29)/b7-4+/t19-,20+,21+,22+,24+/m0/s1. The van der Waals surface area contributed by atoms with Gasteiger partial charge in [-0.3, -0.25) is 4.79 Å². The summed E-state index contributed by atoms with van der Waals surface area (Å²) in [6, 6.07) is 7.98. The Kier molecular flexibility index (Phi) is 10.2. The molecule has 29 heavy (non-hydrogen) atoms. The smallest absolute Gasteiger partial charge is 0.303 e. The molecule has 162 valence electrons. The molecule has 1 aromatic rings. The van der Waals surface area contributed by atoms with Gasteiger partial charge in [0.05, 0.1) is 12.2 Å². The molecular weight excluding hydrogens is 388 g/mol. The van der Waals surface area contributed by atoms with Crippen molar-refractivity contribution in [3.8, 4) is 0 Å². The highest BCUT2D eigenvalue weighted by molar-refractivity contribution is 6.21. The highest BCUT2D eigenvalue weighted by atomic mass is 35.5. The summed E-state index contributed by atoms with van der Waals surface area (Å²) in [5, 5.41) is 29.5. The molecule has 2 rings (SSSR count). The molecule has 0 bridgehead atoms. The molecule has 0 amide bonds. The van der Waals surface area contributed by atoms with E-state index in [0.717, 1.165) is 49.7 Å². The minimum atomic E-state index is -0.767. The zero-order chi connectivity index (χ0) is 21.2. The zero-order valence-electron chi connectivity index (χ0n) is 17.3. The molecule has 0 unspecified atom stereocenters. The summed E-state index contributed by atoms with van der Waals surface area (Å²) >= 11 is 6.54. The molecular formula is C24H35ClO4. The van der Waals surface area contributed by atoms with Gasteiger partial charge in [-0.05, 0) is 49.1 Å². The quantitative estimate of drug-likeness (QED) is 0.233. The van der Waals surface area contributed by atoms with Crippen molar-refractivity contribution < 1.29 is 20.1 Å². The van der Waals surface area contributed by atoms with Gasteiger partial charge in [0, 0.05) is 17.7 Å². The van der Waals surface area contributed by atoms with Crippen LogP contribution in [0.5, 0.6) is 0 Å². The van der Waals surface area contributed by atoms with Crippen molar-refractivity contribution in [3.63, 3.8) is 0 Å². The molecule has 1 aliphatic rings. The van der Waals surface area contributed by atoms with Crippen molar-refractivity contribution in [2.45, 2.75) is 88.2 Å². The number of carbonyl (C=O) groups is 1. The number of aliphatic hydroxyl groups excluding tert-OH is 2. The molecule has 4 nitrogen and oxygen atoms in total. The van der Waals surface area contributed by atoms with Crippen LogP contribution in [0.3, 0.4) is 0 Å². The fraction of sp³-hybridized carbons (Fsp3) is 0.625. The molecule has 1 aliphatic carbocycles. The van der Waals surface area contributed by atoms with Gasteiger partial charge in [0.1, 0.15) is 0 Å². The Bertz CT molecular complexity index is 643. The van der Waals surface area contributed by atoms with E-state index < -0.39 is 18.2 Å². The number of carboxylic acids is 1. The molecule has 0 aliphatic heterocycles. The van der Waals surface area contributed by atoms with E-state index in [2.05, 4.69) is 13.0 Å². The van der Waals surface area contributed by atoms with E-state index in [1.54, 1.807) is 0 Å². The number of allylic oxidation sites excluding steroid dienone is 2. The topological polar surface area (TPSA) is 77.8 Å². The van der Waals surface area contributed by atoms with E-state index in [0.29, 0.717) is 12.8 Å². The van der Waals surface area contributed by atoms with Crippen LogP contribution in [0.25, 0.3) is 0 Å². The lowest BCUT2D eigenvalue weighted by atomic mass is 9.84. The number of hydrogen-bond acceptors (Lipinski definition) is 3. The maximum atomic E-state index is 10.6. The lowest BCUT2D eigenvalue weighted by Crippen LogP contribution is -2.18. The van der Waals surface area contributed by atoms with Crippen LogP contribution in [0.1, 0.15) is 87.9 Å². The van der Waals surface area contributed by atoms with Gasteiger partial charge in [0.2, 0.25) is 0 Å². The summed E-state index contributed by atoms with van der Waals surface area (Å²) in [5.74, 6) is -0.646. The molecule has 1 aromatic carbocycles. The summed E-state index contributed by atoms with van der Waals surface area (Å²) in [7, 11) is 0. The molecule has 1 fully saturated rings. The number of unbranched alkanes of at least 4 members (excludes halogenated alkanes) is 3. The van der Waals surface area contributed by atoms with E-state index in [-0.39, 0.29) is 23.6 Å². The van der Waals surface area contributed by atoms with Gasteiger partial charge >= 0.3 is 5.97 Å². The second-order valence-electron chi connectivity index (χ2n) is 8.18. The SMILES string of the molecule is CCCCC[C@@H](O)c1ccc([C@@H]2[C@@H](C/C=C/CCCC(=O)O)[C@H](Cl)C[C@H]2O)cc1. The summed E-state index contributed by atoms with van der Waals surface area (Å²) in [5.41, 5.74) is 1.99. The number of hydrogen-bond donors (Lipinski definition) is 3. The third kappa shape index (κ3) is 7.44. The van der Waals surface area contributed by atoms with Crippen LogP contribution in [0, 0.1) is 5.92 Å². The van der Waals surface area contributed by atoms with Gasteiger partial charge < -0.3 is 15.3 Å². The van der Waals surface area contributed by atoms with Gasteiger partial charge in [-0.2, -0.15) is 0 Å². The second kappa shape index (κ2) is 12.4. The highest BCUT2D eigenvalue weighted by Gasteiger charge is 2.41. The van der Waals surface area contributed by atoms with Crippen molar-refractivity contribution in [2.24, 2.45) is 5.92 Å². The van der Waals surface area contributed by atoms with Crippen molar-refractivity contribution in [2.75, 3.05) is 0 Å². The predicted octanol–water partition coefficient (Wildman–Crippen LogP) is 5.57. The molecule has 5 atom stereocenters. The minimum Gasteiger partial charge on any atom is -0.481 e. The molecule has 0 radical (unpaired) electrons. The molecule has 3 N–H and O–H groups in total. The zero-order valence-corrected chi connectivity index (χ0v) is 18.1. The van der Waals surface area contributed by atoms with Gasteiger partial charge in [-0.25, -0.2) is 0 Å². The summed E-state index contributed by atoms with van der Waals surface area (Å²) in [6.07, 6.45) is 10.2. The fourth-order valence-electron chi connectivity index (χ4n) is 4.26. The summed E-state index contributed by atoms with van der Waals surface area (Å²) in [4.78, 5) is 10.6. The first-order valence-electron chi connectivity index (χ1n) is 10.9. The van der Waals surface area contributed by atoms with Crippen molar-refractivity contribution in [3.05, 3.63) is 47.5 Å². The van der Waals surface area contributed by atoms with Crippen LogP contribution in [-0.4, -0.2) is 32.8 Å². The van der Waals surface area contributed by atoms with Crippen LogP contribution >= 0.6 is 11.6 Å². The van der Waals surface area contributed by atoms with E-state index in [1.807, 2.05) is 30.3 Å². The maximum absolute atomic E-state index is 10.6. The maximum Gasteiger partial charge on any atom is 0.303 e. The monoisotopic (exact) mass is 422 g/mol. The molecule has 0 spiro atoms. The normalized spacial score (nSPS) is 25.5. The largest absolute Gasteiger partial charge is 0.481 e. The molecule has 5 heteroatoms. The lowest BCUT2D eigenvalue weighted by Gasteiger charge is -2.23. The number of halogens is 1. The van der Waals surface area contributed by atoms with Gasteiger partial charge in [-0.1, -0.05) is 62.6 Å². The predicted molar refractivity (Wildman–Crippen MR) is 117 cm³/mol. The van der Waals surface area contributed by atoms with Gasteiger partial charge in [0.25, 0.3) is 0 Å². The van der Waals surface area contributed by atoms with Crippen molar-refractivity contribution in [1.82, 2.24) is 0 Å². The third-order valence-electron chi connectivity index (χ3n) is 5.93. The van der Waals surface area contributed by atoms with E-state index >= 15 is 0 Å². The number of benzene rings is 1. The van der Waals surface area contributed by atoms with Gasteiger partial charge in [-0.15, -0.1) is 11.6 Å². The Balaban J connectivity index is 1.96. The van der Waals surface area contributed by atoms with Crippen LogP contribution in [0.2, 0.25) is 0 Å². The summed E-state index contributed by atoms with van der Waals surface area (Å²) < 4.78 is 0. The Labute approximate surface area is 179 Å².